The molecule has 0 saturated heterocycles. The van der Waals surface area contributed by atoms with Crippen molar-refractivity contribution >= 4 is 51.2 Å². The van der Waals surface area contributed by atoms with Crippen LogP contribution in [0.2, 0.25) is 0 Å². The highest BCUT2D eigenvalue weighted by atomic mass is 127. The summed E-state index contributed by atoms with van der Waals surface area (Å²) in [7, 11) is 0. The number of benzene rings is 1. The number of aromatic hydroxyl groups is 1. The van der Waals surface area contributed by atoms with Gasteiger partial charge in [-0.2, -0.15) is 0 Å². The van der Waals surface area contributed by atoms with Crippen LogP contribution in [-0.2, 0) is 9.53 Å². The normalized spacial score (nSPS) is 17.0. The Balaban J connectivity index is 0.000000271. The summed E-state index contributed by atoms with van der Waals surface area (Å²) in [4.78, 5) is 11.8. The van der Waals surface area contributed by atoms with Gasteiger partial charge in [0.05, 0.1) is 8.99 Å². The van der Waals surface area contributed by atoms with E-state index in [0.29, 0.717) is 11.7 Å². The van der Waals surface area contributed by atoms with Gasteiger partial charge in [0.2, 0.25) is 0 Å². The van der Waals surface area contributed by atoms with Crippen LogP contribution in [0.3, 0.4) is 0 Å². The smallest absolute Gasteiger partial charge is 0.312 e. The molecule has 1 unspecified atom stereocenters. The van der Waals surface area contributed by atoms with Crippen molar-refractivity contribution in [2.75, 3.05) is 0 Å². The molecule has 27 heavy (non-hydrogen) atoms. The molecule has 0 heterocycles. The van der Waals surface area contributed by atoms with E-state index in [0.717, 1.165) is 34.8 Å². The molecule has 0 aromatic heterocycles. The second-order valence-corrected chi connectivity index (χ2v) is 10.8. The lowest BCUT2D eigenvalue weighted by Gasteiger charge is -2.29. The van der Waals surface area contributed by atoms with E-state index in [4.69, 9.17) is 4.74 Å². The summed E-state index contributed by atoms with van der Waals surface area (Å²) >= 11 is 4.45. The number of ether oxygens (including phenoxy) is 1. The number of phenolic OH excluding ortho intramolecular Hbond substituents is 1. The predicted molar refractivity (Wildman–Crippen MR) is 129 cm³/mol. The molecule has 5 heteroatoms. The molecule has 1 saturated carbocycles. The summed E-state index contributed by atoms with van der Waals surface area (Å²) in [6, 6.07) is 4.05. The fraction of sp³-hybridized carbons (Fsp3) is 0.682. The molecule has 1 aromatic carbocycles. The summed E-state index contributed by atoms with van der Waals surface area (Å²) in [6.07, 6.45) is 6.33. The molecule has 1 aliphatic carbocycles. The zero-order valence-corrected chi connectivity index (χ0v) is 21.8. The fourth-order valence-corrected chi connectivity index (χ4v) is 4.80. The van der Waals surface area contributed by atoms with Gasteiger partial charge in [0.25, 0.3) is 0 Å². The largest absolute Gasteiger partial charge is 0.507 e. The monoisotopic (exact) mass is 600 g/mol. The van der Waals surface area contributed by atoms with E-state index in [1.165, 1.54) is 16.4 Å². The Hall–Kier alpha value is -0.0500. The molecular formula is C22H34I2O3. The van der Waals surface area contributed by atoms with Crippen LogP contribution in [0.15, 0.2) is 12.1 Å². The van der Waals surface area contributed by atoms with E-state index in [1.54, 1.807) is 0 Å². The average molecular weight is 600 g/mol. The number of hydrogen-bond acceptors (Lipinski definition) is 3. The number of halogens is 2. The number of carbonyl (C=O) groups is 1. The van der Waals surface area contributed by atoms with Crippen LogP contribution in [-0.4, -0.2) is 16.7 Å². The SMILES string of the molecule is CCC(C)(C)C(=O)OC1(C)CCCC1.CCC(C)c1cc(I)cc(I)c1O. The van der Waals surface area contributed by atoms with Crippen LogP contribution in [0, 0.1) is 12.6 Å². The topological polar surface area (TPSA) is 46.5 Å². The standard InChI is InChI=1S/C12H22O2.C10H12I2O/c1-5-11(2,3)10(13)14-12(4)8-6-7-9-12;1-3-6(2)8-4-7(11)5-9(12)10(8)13/h5-9H2,1-4H3;4-6,13H,3H2,1-2H3. The van der Waals surface area contributed by atoms with Gasteiger partial charge in [0.15, 0.2) is 0 Å². The number of rotatable bonds is 5. The molecule has 0 aliphatic heterocycles. The van der Waals surface area contributed by atoms with Crippen LogP contribution < -0.4 is 0 Å². The average Bonchev–Trinajstić information content (AvgIpc) is 3.03. The van der Waals surface area contributed by atoms with Gasteiger partial charge in [-0.15, -0.1) is 0 Å². The highest BCUT2D eigenvalue weighted by Gasteiger charge is 2.37. The van der Waals surface area contributed by atoms with Gasteiger partial charge in [-0.3, -0.25) is 4.79 Å². The van der Waals surface area contributed by atoms with Crippen molar-refractivity contribution in [3.05, 3.63) is 24.8 Å². The molecule has 154 valence electrons. The van der Waals surface area contributed by atoms with Crippen molar-refractivity contribution in [2.45, 2.75) is 91.6 Å². The molecule has 0 amide bonds. The van der Waals surface area contributed by atoms with Gasteiger partial charge in [-0.25, -0.2) is 0 Å². The Morgan fingerprint density at radius 2 is 1.81 bits per heavy atom. The van der Waals surface area contributed by atoms with Crippen LogP contribution in [0.25, 0.3) is 0 Å². The summed E-state index contributed by atoms with van der Waals surface area (Å²) in [6.45, 7) is 12.3. The van der Waals surface area contributed by atoms with Crippen molar-refractivity contribution in [3.8, 4) is 5.75 Å². The first-order chi connectivity index (χ1) is 12.5. The van der Waals surface area contributed by atoms with E-state index >= 15 is 0 Å². The fourth-order valence-electron chi connectivity index (χ4n) is 2.91. The van der Waals surface area contributed by atoms with Crippen LogP contribution in [0.4, 0.5) is 0 Å². The van der Waals surface area contributed by atoms with E-state index in [1.807, 2.05) is 26.8 Å². The zero-order chi connectivity index (χ0) is 20.8. The maximum atomic E-state index is 11.8. The Morgan fingerprint density at radius 1 is 1.26 bits per heavy atom. The summed E-state index contributed by atoms with van der Waals surface area (Å²) in [5.74, 6) is 0.850. The number of hydrogen-bond donors (Lipinski definition) is 1. The second kappa shape index (κ2) is 10.6. The first-order valence-electron chi connectivity index (χ1n) is 9.87. The Kier molecular flexibility index (Phi) is 9.85. The third kappa shape index (κ3) is 7.37. The Labute approximate surface area is 192 Å². The van der Waals surface area contributed by atoms with Crippen molar-refractivity contribution in [1.82, 2.24) is 0 Å². The van der Waals surface area contributed by atoms with Gasteiger partial charge in [-0.1, -0.05) is 20.8 Å². The van der Waals surface area contributed by atoms with Crippen molar-refractivity contribution in [2.24, 2.45) is 5.41 Å². The van der Waals surface area contributed by atoms with Crippen LogP contribution in [0.1, 0.15) is 91.5 Å². The Bertz CT molecular complexity index is 635. The van der Waals surface area contributed by atoms with Gasteiger partial charge in [-0.05, 0) is 128 Å². The van der Waals surface area contributed by atoms with Gasteiger partial charge in [0, 0.05) is 3.57 Å². The minimum Gasteiger partial charge on any atom is -0.507 e. The van der Waals surface area contributed by atoms with E-state index < -0.39 is 0 Å². The molecule has 1 N–H and O–H groups in total. The van der Waals surface area contributed by atoms with E-state index in [2.05, 4.69) is 72.0 Å². The third-order valence-electron chi connectivity index (χ3n) is 5.64. The minimum atomic E-state index is -0.328. The van der Waals surface area contributed by atoms with E-state index in [9.17, 15) is 9.90 Å². The molecule has 1 aromatic rings. The summed E-state index contributed by atoms with van der Waals surface area (Å²) < 4.78 is 7.75. The number of carbonyl (C=O) groups excluding carboxylic acids is 1. The van der Waals surface area contributed by atoms with Crippen molar-refractivity contribution in [1.29, 1.82) is 0 Å². The van der Waals surface area contributed by atoms with Gasteiger partial charge >= 0.3 is 5.97 Å². The Morgan fingerprint density at radius 3 is 2.30 bits per heavy atom. The lowest BCUT2D eigenvalue weighted by Crippen LogP contribution is -2.35. The van der Waals surface area contributed by atoms with Gasteiger partial charge < -0.3 is 9.84 Å². The summed E-state index contributed by atoms with van der Waals surface area (Å²) in [5, 5.41) is 9.81. The maximum Gasteiger partial charge on any atom is 0.312 e. The molecule has 0 bridgehead atoms. The third-order valence-corrected chi connectivity index (χ3v) is 7.08. The van der Waals surface area contributed by atoms with E-state index in [-0.39, 0.29) is 17.0 Å². The molecule has 2 rings (SSSR count). The number of esters is 1. The highest BCUT2D eigenvalue weighted by molar-refractivity contribution is 14.1. The molecular weight excluding hydrogens is 566 g/mol. The predicted octanol–water partition coefficient (Wildman–Crippen LogP) is 7.41. The van der Waals surface area contributed by atoms with Crippen molar-refractivity contribution in [3.63, 3.8) is 0 Å². The molecule has 1 atom stereocenters. The summed E-state index contributed by atoms with van der Waals surface area (Å²) in [5.41, 5.74) is 0.563. The van der Waals surface area contributed by atoms with Crippen LogP contribution in [0.5, 0.6) is 5.75 Å². The lowest BCUT2D eigenvalue weighted by atomic mass is 9.90. The van der Waals surface area contributed by atoms with Gasteiger partial charge in [0.1, 0.15) is 11.4 Å². The molecule has 1 aliphatic rings. The van der Waals surface area contributed by atoms with Crippen molar-refractivity contribution < 1.29 is 14.6 Å². The molecule has 3 nitrogen and oxygen atoms in total. The molecule has 1 fully saturated rings. The van der Waals surface area contributed by atoms with Crippen LogP contribution >= 0.6 is 45.2 Å². The first-order valence-corrected chi connectivity index (χ1v) is 12.0. The highest BCUT2D eigenvalue weighted by Crippen LogP contribution is 2.35. The quantitative estimate of drug-likeness (QED) is 0.283. The first kappa shape index (κ1) is 25.0. The number of phenols is 1. The minimum absolute atomic E-state index is 0.0376. The molecule has 0 radical (unpaired) electrons. The lowest BCUT2D eigenvalue weighted by molar-refractivity contribution is -0.168. The second-order valence-electron chi connectivity index (χ2n) is 8.42. The maximum absolute atomic E-state index is 11.8. The zero-order valence-electron chi connectivity index (χ0n) is 17.5. The molecule has 0 spiro atoms.